The number of para-hydroxylation sites is 1. The number of aromatic nitrogens is 1. The highest BCUT2D eigenvalue weighted by Gasteiger charge is 2.39. The minimum absolute atomic E-state index is 0.190. The second-order valence-electron chi connectivity index (χ2n) is 10.4. The molecule has 1 unspecified atom stereocenters. The fraction of sp³-hybridized carbons (Fsp3) is 0.323. The lowest BCUT2D eigenvalue weighted by Crippen LogP contribution is -2.45. The first-order chi connectivity index (χ1) is 18.3. The third-order valence-electron chi connectivity index (χ3n) is 7.41. The SMILES string of the molecule is CN(C)CCC(O)(c1cc(F)cc(F)c1)c1c(-c2ccccc2)c(N2CCN(C)CC2)nc2ccccc12. The number of hydrogen-bond acceptors (Lipinski definition) is 5. The van der Waals surface area contributed by atoms with E-state index in [0.717, 1.165) is 60.1 Å². The summed E-state index contributed by atoms with van der Waals surface area (Å²) in [7, 11) is 5.95. The van der Waals surface area contributed by atoms with Crippen LogP contribution >= 0.6 is 0 Å². The molecular formula is C31H34F2N4O. The number of likely N-dealkylation sites (N-methyl/N-ethyl adjacent to an activating group) is 1. The normalized spacial score (nSPS) is 16.2. The molecule has 5 rings (SSSR count). The first kappa shape index (κ1) is 26.2. The number of rotatable bonds is 7. The predicted octanol–water partition coefficient (Wildman–Crippen LogP) is 5.12. The fourth-order valence-corrected chi connectivity index (χ4v) is 5.35. The summed E-state index contributed by atoms with van der Waals surface area (Å²) >= 11 is 0. The summed E-state index contributed by atoms with van der Waals surface area (Å²) in [6.07, 6.45) is 0.235. The van der Waals surface area contributed by atoms with Crippen LogP contribution in [0.25, 0.3) is 22.0 Å². The lowest BCUT2D eigenvalue weighted by molar-refractivity contribution is 0.0642. The summed E-state index contributed by atoms with van der Waals surface area (Å²) in [4.78, 5) is 11.6. The van der Waals surface area contributed by atoms with Gasteiger partial charge in [-0.3, -0.25) is 0 Å². The van der Waals surface area contributed by atoms with Gasteiger partial charge in [-0.05, 0) is 56.9 Å². The molecule has 1 fully saturated rings. The second kappa shape index (κ2) is 10.8. The van der Waals surface area contributed by atoms with Crippen LogP contribution in [-0.4, -0.2) is 73.8 Å². The van der Waals surface area contributed by atoms with Crippen molar-refractivity contribution in [2.45, 2.75) is 12.0 Å². The standard InChI is InChI=1S/C31H34F2N4O/c1-35(2)14-13-31(38,23-19-24(32)21-25(33)20-23)29-26-11-7-8-12-27(26)34-30(37-17-15-36(3)16-18-37)28(29)22-9-5-4-6-10-22/h4-12,19-21,38H,13-18H2,1-3H3. The summed E-state index contributed by atoms with van der Waals surface area (Å²) in [5, 5.41) is 13.5. The van der Waals surface area contributed by atoms with E-state index >= 15 is 0 Å². The van der Waals surface area contributed by atoms with Crippen molar-refractivity contribution in [1.82, 2.24) is 14.8 Å². The molecule has 1 aromatic heterocycles. The predicted molar refractivity (Wildman–Crippen MR) is 149 cm³/mol. The minimum Gasteiger partial charge on any atom is -0.380 e. The maximum atomic E-state index is 14.6. The third-order valence-corrected chi connectivity index (χ3v) is 7.41. The monoisotopic (exact) mass is 516 g/mol. The van der Waals surface area contributed by atoms with Gasteiger partial charge >= 0.3 is 0 Å². The van der Waals surface area contributed by atoms with Crippen molar-refractivity contribution in [2.75, 3.05) is 58.8 Å². The molecule has 1 aliphatic rings. The van der Waals surface area contributed by atoms with Gasteiger partial charge in [0.15, 0.2) is 0 Å². The summed E-state index contributed by atoms with van der Waals surface area (Å²) < 4.78 is 29.3. The van der Waals surface area contributed by atoms with Crippen molar-refractivity contribution >= 4 is 16.7 Å². The highest BCUT2D eigenvalue weighted by molar-refractivity contribution is 5.96. The van der Waals surface area contributed by atoms with Crippen LogP contribution in [0.4, 0.5) is 14.6 Å². The van der Waals surface area contributed by atoms with Gasteiger partial charge in [-0.15, -0.1) is 0 Å². The van der Waals surface area contributed by atoms with Gasteiger partial charge in [0.1, 0.15) is 23.1 Å². The van der Waals surface area contributed by atoms with Crippen LogP contribution in [0, 0.1) is 11.6 Å². The number of nitrogens with zero attached hydrogens (tertiary/aromatic N) is 4. The summed E-state index contributed by atoms with van der Waals surface area (Å²) in [5.74, 6) is -0.664. The summed E-state index contributed by atoms with van der Waals surface area (Å²) in [6, 6.07) is 20.9. The smallest absolute Gasteiger partial charge is 0.137 e. The maximum absolute atomic E-state index is 14.6. The Kier molecular flexibility index (Phi) is 7.43. The van der Waals surface area contributed by atoms with Gasteiger partial charge in [0.2, 0.25) is 0 Å². The van der Waals surface area contributed by atoms with E-state index in [4.69, 9.17) is 4.98 Å². The van der Waals surface area contributed by atoms with Crippen LogP contribution in [0.2, 0.25) is 0 Å². The number of piperazine rings is 1. The Morgan fingerprint density at radius 2 is 1.53 bits per heavy atom. The molecule has 1 saturated heterocycles. The molecule has 0 saturated carbocycles. The Balaban J connectivity index is 1.88. The molecule has 0 spiro atoms. The zero-order valence-corrected chi connectivity index (χ0v) is 22.2. The largest absolute Gasteiger partial charge is 0.380 e. The van der Waals surface area contributed by atoms with E-state index in [1.54, 1.807) is 0 Å². The molecule has 1 aliphatic heterocycles. The topological polar surface area (TPSA) is 42.8 Å². The Hall–Kier alpha value is -3.39. The number of pyridine rings is 1. The third kappa shape index (κ3) is 5.14. The zero-order chi connectivity index (χ0) is 26.9. The van der Waals surface area contributed by atoms with Crippen molar-refractivity contribution in [3.05, 3.63) is 95.6 Å². The van der Waals surface area contributed by atoms with Crippen LogP contribution in [0.5, 0.6) is 0 Å². The van der Waals surface area contributed by atoms with Gasteiger partial charge in [0.05, 0.1) is 5.52 Å². The van der Waals surface area contributed by atoms with Crippen LogP contribution in [0.1, 0.15) is 17.5 Å². The van der Waals surface area contributed by atoms with Crippen molar-refractivity contribution < 1.29 is 13.9 Å². The molecule has 4 aromatic rings. The number of anilines is 1. The Morgan fingerprint density at radius 1 is 0.895 bits per heavy atom. The van der Waals surface area contributed by atoms with Crippen molar-refractivity contribution in [2.24, 2.45) is 0 Å². The van der Waals surface area contributed by atoms with E-state index in [-0.39, 0.29) is 12.0 Å². The van der Waals surface area contributed by atoms with E-state index in [2.05, 4.69) is 16.8 Å². The van der Waals surface area contributed by atoms with Gasteiger partial charge < -0.3 is 19.8 Å². The maximum Gasteiger partial charge on any atom is 0.137 e. The fourth-order valence-electron chi connectivity index (χ4n) is 5.35. The number of hydrogen-bond donors (Lipinski definition) is 1. The van der Waals surface area contributed by atoms with Gasteiger partial charge in [-0.25, -0.2) is 13.8 Å². The molecule has 1 atom stereocenters. The molecule has 0 aliphatic carbocycles. The highest BCUT2D eigenvalue weighted by atomic mass is 19.1. The zero-order valence-electron chi connectivity index (χ0n) is 22.2. The number of aliphatic hydroxyl groups is 1. The van der Waals surface area contributed by atoms with E-state index in [1.165, 1.54) is 12.1 Å². The van der Waals surface area contributed by atoms with Crippen LogP contribution < -0.4 is 4.90 Å². The molecule has 0 amide bonds. The minimum atomic E-state index is -1.69. The van der Waals surface area contributed by atoms with Crippen LogP contribution in [0.15, 0.2) is 72.8 Å². The van der Waals surface area contributed by atoms with Crippen molar-refractivity contribution in [1.29, 1.82) is 0 Å². The van der Waals surface area contributed by atoms with Crippen LogP contribution in [0.3, 0.4) is 0 Å². The van der Waals surface area contributed by atoms with Crippen LogP contribution in [-0.2, 0) is 5.60 Å². The second-order valence-corrected chi connectivity index (χ2v) is 10.4. The van der Waals surface area contributed by atoms with E-state index in [0.29, 0.717) is 12.1 Å². The lowest BCUT2D eigenvalue weighted by atomic mass is 9.77. The van der Waals surface area contributed by atoms with Gasteiger partial charge in [-0.2, -0.15) is 0 Å². The van der Waals surface area contributed by atoms with E-state index in [1.807, 2.05) is 73.6 Å². The average Bonchev–Trinajstić information content (AvgIpc) is 2.91. The molecule has 0 radical (unpaired) electrons. The summed E-state index contributed by atoms with van der Waals surface area (Å²) in [5.41, 5.74) is 1.54. The Labute approximate surface area is 222 Å². The van der Waals surface area contributed by atoms with E-state index < -0.39 is 17.2 Å². The van der Waals surface area contributed by atoms with Crippen molar-refractivity contribution in [3.8, 4) is 11.1 Å². The molecule has 198 valence electrons. The highest BCUT2D eigenvalue weighted by Crippen LogP contribution is 2.47. The molecule has 2 heterocycles. The summed E-state index contributed by atoms with van der Waals surface area (Å²) in [6.45, 7) is 3.84. The number of fused-ring (bicyclic) bond motifs is 1. The first-order valence-corrected chi connectivity index (χ1v) is 13.0. The van der Waals surface area contributed by atoms with Gasteiger partial charge in [0, 0.05) is 55.3 Å². The van der Waals surface area contributed by atoms with E-state index in [9.17, 15) is 13.9 Å². The quantitative estimate of drug-likeness (QED) is 0.369. The molecule has 5 nitrogen and oxygen atoms in total. The first-order valence-electron chi connectivity index (χ1n) is 13.0. The molecule has 0 bridgehead atoms. The molecule has 1 N–H and O–H groups in total. The average molecular weight is 517 g/mol. The number of halogens is 2. The van der Waals surface area contributed by atoms with Gasteiger partial charge in [-0.1, -0.05) is 48.5 Å². The lowest BCUT2D eigenvalue weighted by Gasteiger charge is -2.38. The molecule has 7 heteroatoms. The van der Waals surface area contributed by atoms with Gasteiger partial charge in [0.25, 0.3) is 0 Å². The number of benzene rings is 3. The molecule has 3 aromatic carbocycles. The Morgan fingerprint density at radius 3 is 2.18 bits per heavy atom. The molecular weight excluding hydrogens is 482 g/mol. The molecule has 38 heavy (non-hydrogen) atoms. The van der Waals surface area contributed by atoms with Crippen molar-refractivity contribution in [3.63, 3.8) is 0 Å². The Bertz CT molecular complexity index is 1400.